The number of carboxylic acids is 1. The molecule has 4 aromatic rings. The molecular formula is C28H28N2O3S. The number of pyridine rings is 1. The van der Waals surface area contributed by atoms with Crippen LogP contribution in [0.25, 0.3) is 21.8 Å². The van der Waals surface area contributed by atoms with E-state index in [1.165, 1.54) is 4.88 Å². The number of ether oxygens (including phenoxy) is 1. The molecule has 2 aromatic heterocycles. The number of hydrogen-bond acceptors (Lipinski definition) is 5. The predicted molar refractivity (Wildman–Crippen MR) is 137 cm³/mol. The molecule has 0 bridgehead atoms. The molecule has 34 heavy (non-hydrogen) atoms. The summed E-state index contributed by atoms with van der Waals surface area (Å²) in [7, 11) is 0. The SMILES string of the molecule is Cc1cc(OC[C@H](C)c2nc(-c3ccc(-c4ccccn4)cc3)sc2C)ccc1CCC(=O)O. The van der Waals surface area contributed by atoms with Crippen molar-refractivity contribution in [2.24, 2.45) is 0 Å². The van der Waals surface area contributed by atoms with Crippen molar-refractivity contribution in [3.63, 3.8) is 0 Å². The van der Waals surface area contributed by atoms with E-state index in [1.807, 2.05) is 43.3 Å². The summed E-state index contributed by atoms with van der Waals surface area (Å²) in [4.78, 5) is 21.4. The van der Waals surface area contributed by atoms with Gasteiger partial charge in [0.2, 0.25) is 0 Å². The highest BCUT2D eigenvalue weighted by Gasteiger charge is 2.17. The van der Waals surface area contributed by atoms with E-state index in [1.54, 1.807) is 17.5 Å². The third-order valence-electron chi connectivity index (χ3n) is 5.81. The zero-order chi connectivity index (χ0) is 24.1. The van der Waals surface area contributed by atoms with Crippen LogP contribution < -0.4 is 4.74 Å². The number of carbonyl (C=O) groups is 1. The highest BCUT2D eigenvalue weighted by molar-refractivity contribution is 7.15. The number of thiazole rings is 1. The van der Waals surface area contributed by atoms with Gasteiger partial charge in [-0.05, 0) is 55.7 Å². The quantitative estimate of drug-likeness (QED) is 0.294. The molecule has 4 rings (SSSR count). The summed E-state index contributed by atoms with van der Waals surface area (Å²) in [6.45, 7) is 6.75. The van der Waals surface area contributed by atoms with Gasteiger partial charge in [0, 0.05) is 34.5 Å². The number of aryl methyl sites for hydroxylation is 3. The summed E-state index contributed by atoms with van der Waals surface area (Å²) in [5, 5.41) is 9.90. The lowest BCUT2D eigenvalue weighted by Crippen LogP contribution is -2.09. The second kappa shape index (κ2) is 10.6. The predicted octanol–water partition coefficient (Wildman–Crippen LogP) is 6.69. The minimum atomic E-state index is -0.782. The Morgan fingerprint density at radius 1 is 1.06 bits per heavy atom. The van der Waals surface area contributed by atoms with Gasteiger partial charge in [0.15, 0.2) is 0 Å². The maximum atomic E-state index is 10.8. The lowest BCUT2D eigenvalue weighted by molar-refractivity contribution is -0.136. The first-order valence-electron chi connectivity index (χ1n) is 11.3. The second-order valence-electron chi connectivity index (χ2n) is 8.45. The van der Waals surface area contributed by atoms with E-state index < -0.39 is 5.97 Å². The Hall–Kier alpha value is -3.51. The zero-order valence-corrected chi connectivity index (χ0v) is 20.4. The molecule has 0 aliphatic rings. The number of carboxylic acid groups (broad SMARTS) is 1. The number of aliphatic carboxylic acids is 1. The Balaban J connectivity index is 1.41. The van der Waals surface area contributed by atoms with E-state index in [2.05, 4.69) is 43.1 Å². The maximum Gasteiger partial charge on any atom is 0.303 e. The summed E-state index contributed by atoms with van der Waals surface area (Å²) >= 11 is 1.70. The van der Waals surface area contributed by atoms with E-state index >= 15 is 0 Å². The van der Waals surface area contributed by atoms with Gasteiger partial charge in [-0.25, -0.2) is 4.98 Å². The fourth-order valence-corrected chi connectivity index (χ4v) is 4.93. The Morgan fingerprint density at radius 3 is 2.50 bits per heavy atom. The topological polar surface area (TPSA) is 72.3 Å². The average Bonchev–Trinajstić information content (AvgIpc) is 3.24. The molecule has 0 radical (unpaired) electrons. The molecule has 1 atom stereocenters. The molecule has 0 aliphatic carbocycles. The van der Waals surface area contributed by atoms with Crippen molar-refractivity contribution >= 4 is 17.3 Å². The summed E-state index contributed by atoms with van der Waals surface area (Å²) in [6.07, 6.45) is 2.47. The molecule has 2 aromatic carbocycles. The van der Waals surface area contributed by atoms with Crippen molar-refractivity contribution in [3.05, 3.63) is 88.6 Å². The Kier molecular flexibility index (Phi) is 7.38. The van der Waals surface area contributed by atoms with E-state index in [9.17, 15) is 4.79 Å². The van der Waals surface area contributed by atoms with Gasteiger partial charge in [-0.1, -0.05) is 43.3 Å². The number of nitrogens with zero attached hydrogens (tertiary/aromatic N) is 2. The molecule has 6 heteroatoms. The van der Waals surface area contributed by atoms with Crippen LogP contribution >= 0.6 is 11.3 Å². The summed E-state index contributed by atoms with van der Waals surface area (Å²) in [6, 6.07) is 20.1. The minimum absolute atomic E-state index is 0.134. The lowest BCUT2D eigenvalue weighted by atomic mass is 10.0. The van der Waals surface area contributed by atoms with Crippen molar-refractivity contribution in [2.75, 3.05) is 6.61 Å². The molecule has 0 fully saturated rings. The Bertz CT molecular complexity index is 1270. The largest absolute Gasteiger partial charge is 0.493 e. The molecule has 174 valence electrons. The van der Waals surface area contributed by atoms with Crippen LogP contribution in [0, 0.1) is 13.8 Å². The van der Waals surface area contributed by atoms with Crippen LogP contribution in [-0.4, -0.2) is 27.7 Å². The van der Waals surface area contributed by atoms with Crippen molar-refractivity contribution in [1.29, 1.82) is 0 Å². The van der Waals surface area contributed by atoms with Gasteiger partial charge < -0.3 is 9.84 Å². The van der Waals surface area contributed by atoms with Crippen molar-refractivity contribution in [1.82, 2.24) is 9.97 Å². The third-order valence-corrected chi connectivity index (χ3v) is 6.85. The Morgan fingerprint density at radius 2 is 1.82 bits per heavy atom. The molecule has 0 saturated carbocycles. The van der Waals surface area contributed by atoms with Crippen LogP contribution in [0.15, 0.2) is 66.9 Å². The first-order valence-corrected chi connectivity index (χ1v) is 12.2. The first-order chi connectivity index (χ1) is 16.4. The maximum absolute atomic E-state index is 10.8. The molecule has 5 nitrogen and oxygen atoms in total. The van der Waals surface area contributed by atoms with Crippen LogP contribution in [0.3, 0.4) is 0 Å². The monoisotopic (exact) mass is 472 g/mol. The number of aromatic nitrogens is 2. The van der Waals surface area contributed by atoms with Crippen molar-refractivity contribution in [3.8, 4) is 27.6 Å². The number of rotatable bonds is 9. The van der Waals surface area contributed by atoms with Crippen LogP contribution in [-0.2, 0) is 11.2 Å². The fraction of sp³-hybridized carbons (Fsp3) is 0.250. The molecule has 0 spiro atoms. The highest BCUT2D eigenvalue weighted by Crippen LogP contribution is 2.32. The van der Waals surface area contributed by atoms with E-state index in [0.29, 0.717) is 13.0 Å². The normalized spacial score (nSPS) is 11.9. The number of benzene rings is 2. The van der Waals surface area contributed by atoms with Crippen LogP contribution in [0.2, 0.25) is 0 Å². The summed E-state index contributed by atoms with van der Waals surface area (Å²) in [5.41, 5.74) is 6.29. The molecule has 0 amide bonds. The van der Waals surface area contributed by atoms with E-state index in [0.717, 1.165) is 44.4 Å². The van der Waals surface area contributed by atoms with Gasteiger partial charge in [0.1, 0.15) is 10.8 Å². The minimum Gasteiger partial charge on any atom is -0.493 e. The van der Waals surface area contributed by atoms with Gasteiger partial charge in [0.05, 0.1) is 18.0 Å². The number of hydrogen-bond donors (Lipinski definition) is 1. The zero-order valence-electron chi connectivity index (χ0n) is 19.6. The van der Waals surface area contributed by atoms with Gasteiger partial charge in [0.25, 0.3) is 0 Å². The van der Waals surface area contributed by atoms with Crippen LogP contribution in [0.5, 0.6) is 5.75 Å². The lowest BCUT2D eigenvalue weighted by Gasteiger charge is -2.14. The van der Waals surface area contributed by atoms with Gasteiger partial charge >= 0.3 is 5.97 Å². The van der Waals surface area contributed by atoms with Crippen LogP contribution in [0.4, 0.5) is 0 Å². The van der Waals surface area contributed by atoms with Crippen molar-refractivity contribution < 1.29 is 14.6 Å². The van der Waals surface area contributed by atoms with E-state index in [4.69, 9.17) is 14.8 Å². The Labute approximate surface area is 204 Å². The van der Waals surface area contributed by atoms with E-state index in [-0.39, 0.29) is 12.3 Å². The smallest absolute Gasteiger partial charge is 0.303 e. The third kappa shape index (κ3) is 5.69. The van der Waals surface area contributed by atoms with Crippen molar-refractivity contribution in [2.45, 2.75) is 39.5 Å². The van der Waals surface area contributed by atoms with Crippen LogP contribution in [0.1, 0.15) is 41.0 Å². The molecule has 0 saturated heterocycles. The van der Waals surface area contributed by atoms with Gasteiger partial charge in [-0.2, -0.15) is 0 Å². The molecule has 2 heterocycles. The molecule has 0 unspecified atom stereocenters. The van der Waals surface area contributed by atoms with Gasteiger partial charge in [-0.3, -0.25) is 9.78 Å². The second-order valence-corrected chi connectivity index (χ2v) is 9.65. The molecular weight excluding hydrogens is 444 g/mol. The first kappa shape index (κ1) is 23.6. The van der Waals surface area contributed by atoms with Gasteiger partial charge in [-0.15, -0.1) is 11.3 Å². The summed E-state index contributed by atoms with van der Waals surface area (Å²) in [5.74, 6) is 0.155. The summed E-state index contributed by atoms with van der Waals surface area (Å²) < 4.78 is 6.06. The fourth-order valence-electron chi connectivity index (χ4n) is 3.89. The highest BCUT2D eigenvalue weighted by atomic mass is 32.1. The molecule has 0 aliphatic heterocycles. The standard InChI is InChI=1S/C28H28N2O3S/c1-18-16-24(13-11-21(18)12-14-26(31)32)33-17-19(2)27-20(3)34-28(30-27)23-9-7-22(8-10-23)25-6-4-5-15-29-25/h4-11,13,15-16,19H,12,14,17H2,1-3H3,(H,31,32)/t19-/m0/s1. The molecule has 1 N–H and O–H groups in total. The average molecular weight is 473 g/mol.